The molecule has 0 aliphatic rings. The quantitative estimate of drug-likeness (QED) is 0.828. The van der Waals surface area contributed by atoms with Crippen molar-refractivity contribution in [3.8, 4) is 0 Å². The van der Waals surface area contributed by atoms with Gasteiger partial charge in [-0.3, -0.25) is 0 Å². The Morgan fingerprint density at radius 3 is 2.17 bits per heavy atom. The highest BCUT2D eigenvalue weighted by Crippen LogP contribution is 2.42. The second kappa shape index (κ2) is 4.81. The Hall–Kier alpha value is -1.21. The molecule has 0 saturated heterocycles. The van der Waals surface area contributed by atoms with Gasteiger partial charge in [-0.25, -0.2) is 8.78 Å². The smallest absolute Gasteiger partial charge is 0.375 e. The summed E-state index contributed by atoms with van der Waals surface area (Å²) in [4.78, 5) is 0. The zero-order valence-electron chi connectivity index (χ0n) is 9.43. The highest BCUT2D eigenvalue weighted by molar-refractivity contribution is 5.28. The van der Waals surface area contributed by atoms with Crippen molar-refractivity contribution in [3.63, 3.8) is 0 Å². The van der Waals surface area contributed by atoms with Gasteiger partial charge in [-0.2, -0.15) is 13.2 Å². The molecule has 0 spiro atoms. The maximum absolute atomic E-state index is 13.0. The third-order valence-corrected chi connectivity index (χ3v) is 2.77. The summed E-state index contributed by atoms with van der Waals surface area (Å²) >= 11 is 0. The third kappa shape index (κ3) is 2.32. The van der Waals surface area contributed by atoms with Crippen LogP contribution in [0.3, 0.4) is 0 Å². The topological polar surface area (TPSA) is 46.2 Å². The molecule has 0 amide bonds. The number of rotatable bonds is 3. The molecule has 1 aromatic carbocycles. The molecule has 0 heterocycles. The molecule has 2 unspecified atom stereocenters. The summed E-state index contributed by atoms with van der Waals surface area (Å²) in [6.07, 6.45) is -5.28. The molecule has 3 N–H and O–H groups in total. The molecule has 2 atom stereocenters. The molecule has 1 aromatic rings. The minimum atomic E-state index is -5.09. The maximum Gasteiger partial charge on any atom is 0.423 e. The van der Waals surface area contributed by atoms with E-state index in [0.717, 1.165) is 0 Å². The van der Waals surface area contributed by atoms with E-state index in [-0.39, 0.29) is 6.42 Å². The van der Waals surface area contributed by atoms with Gasteiger partial charge in [0.05, 0.1) is 0 Å². The van der Waals surface area contributed by atoms with Crippen molar-refractivity contribution in [1.29, 1.82) is 0 Å². The highest BCUT2D eigenvalue weighted by Gasteiger charge is 2.58. The Balaban J connectivity index is 3.40. The number of benzene rings is 1. The summed E-state index contributed by atoms with van der Waals surface area (Å²) < 4.78 is 64.4. The van der Waals surface area contributed by atoms with E-state index in [1.807, 2.05) is 0 Å². The lowest BCUT2D eigenvalue weighted by atomic mass is 9.84. The summed E-state index contributed by atoms with van der Waals surface area (Å²) in [6, 6.07) is -0.189. The van der Waals surface area contributed by atoms with Crippen molar-refractivity contribution >= 4 is 0 Å². The number of alkyl halides is 3. The van der Waals surface area contributed by atoms with Gasteiger partial charge < -0.3 is 10.8 Å². The fourth-order valence-corrected chi connectivity index (χ4v) is 1.62. The Morgan fingerprint density at radius 2 is 1.78 bits per heavy atom. The summed E-state index contributed by atoms with van der Waals surface area (Å²) in [5.74, 6) is -2.77. The van der Waals surface area contributed by atoms with E-state index in [4.69, 9.17) is 5.73 Å². The first-order chi connectivity index (χ1) is 8.14. The molecule has 1 rings (SSSR count). The largest absolute Gasteiger partial charge is 0.423 e. The molecule has 18 heavy (non-hydrogen) atoms. The molecule has 7 heteroatoms. The average Bonchev–Trinajstić information content (AvgIpc) is 2.29. The monoisotopic (exact) mass is 269 g/mol. The van der Waals surface area contributed by atoms with Crippen LogP contribution in [-0.2, 0) is 5.60 Å². The molecule has 102 valence electrons. The number of hydrogen-bond acceptors (Lipinski definition) is 2. The first kappa shape index (κ1) is 14.8. The second-order valence-corrected chi connectivity index (χ2v) is 3.91. The third-order valence-electron chi connectivity index (χ3n) is 2.77. The van der Waals surface area contributed by atoms with Crippen LogP contribution in [-0.4, -0.2) is 17.3 Å². The number of nitrogens with two attached hydrogens (primary N) is 1. The van der Waals surface area contributed by atoms with Gasteiger partial charge in [-0.05, 0) is 24.1 Å². The van der Waals surface area contributed by atoms with E-state index < -0.39 is 35.0 Å². The van der Waals surface area contributed by atoms with Crippen molar-refractivity contribution in [2.45, 2.75) is 31.2 Å². The SMILES string of the molecule is CCC(N)C(O)(c1ccc(F)c(F)c1)C(F)(F)F. The Bertz CT molecular complexity index is 434. The lowest BCUT2D eigenvalue weighted by molar-refractivity contribution is -0.274. The lowest BCUT2D eigenvalue weighted by Gasteiger charge is -2.35. The van der Waals surface area contributed by atoms with Crippen molar-refractivity contribution in [3.05, 3.63) is 35.4 Å². The summed E-state index contributed by atoms with van der Waals surface area (Å²) in [5.41, 5.74) is 1.05. The minimum Gasteiger partial charge on any atom is -0.375 e. The second-order valence-electron chi connectivity index (χ2n) is 3.91. The molecule has 0 bridgehead atoms. The molecule has 0 radical (unpaired) electrons. The van der Waals surface area contributed by atoms with Gasteiger partial charge in [-0.1, -0.05) is 13.0 Å². The summed E-state index contributed by atoms with van der Waals surface area (Å²) in [6.45, 7) is 1.35. The Kier molecular flexibility index (Phi) is 3.97. The maximum atomic E-state index is 13.0. The van der Waals surface area contributed by atoms with Gasteiger partial charge in [-0.15, -0.1) is 0 Å². The normalized spacial score (nSPS) is 17.3. The highest BCUT2D eigenvalue weighted by atomic mass is 19.4. The van der Waals surface area contributed by atoms with Crippen LogP contribution < -0.4 is 5.73 Å². The van der Waals surface area contributed by atoms with Gasteiger partial charge in [0.1, 0.15) is 0 Å². The van der Waals surface area contributed by atoms with Gasteiger partial charge in [0.2, 0.25) is 5.60 Å². The number of hydrogen-bond donors (Lipinski definition) is 2. The van der Waals surface area contributed by atoms with Gasteiger partial charge in [0, 0.05) is 6.04 Å². The van der Waals surface area contributed by atoms with Gasteiger partial charge in [0.25, 0.3) is 0 Å². The van der Waals surface area contributed by atoms with Crippen LogP contribution >= 0.6 is 0 Å². The molecule has 0 aliphatic heterocycles. The van der Waals surface area contributed by atoms with Gasteiger partial charge >= 0.3 is 6.18 Å². The van der Waals surface area contributed by atoms with Crippen LogP contribution in [0.2, 0.25) is 0 Å². The van der Waals surface area contributed by atoms with E-state index in [1.165, 1.54) is 6.92 Å². The van der Waals surface area contributed by atoms with Crippen LogP contribution in [0.4, 0.5) is 22.0 Å². The fraction of sp³-hybridized carbons (Fsp3) is 0.455. The standard InChI is InChI=1S/C11H12F5NO/c1-2-9(17)10(18,11(14,15)16)6-3-4-7(12)8(13)5-6/h3-5,9,18H,2,17H2,1H3. The number of aliphatic hydroxyl groups is 1. The van der Waals surface area contributed by atoms with E-state index in [9.17, 15) is 27.1 Å². The lowest BCUT2D eigenvalue weighted by Crippen LogP contribution is -2.55. The number of halogens is 5. The Morgan fingerprint density at radius 1 is 1.22 bits per heavy atom. The predicted octanol–water partition coefficient (Wildman–Crippen LogP) is 2.45. The fourth-order valence-electron chi connectivity index (χ4n) is 1.62. The van der Waals surface area contributed by atoms with E-state index in [2.05, 4.69) is 0 Å². The Labute approximate surface area is 100 Å². The van der Waals surface area contributed by atoms with Crippen molar-refractivity contribution in [1.82, 2.24) is 0 Å². The van der Waals surface area contributed by atoms with Crippen LogP contribution in [0.25, 0.3) is 0 Å². The molecule has 2 nitrogen and oxygen atoms in total. The van der Waals surface area contributed by atoms with Gasteiger partial charge in [0.15, 0.2) is 11.6 Å². The minimum absolute atomic E-state index is 0.186. The average molecular weight is 269 g/mol. The first-order valence-electron chi connectivity index (χ1n) is 5.14. The van der Waals surface area contributed by atoms with Crippen LogP contribution in [0.1, 0.15) is 18.9 Å². The first-order valence-corrected chi connectivity index (χ1v) is 5.14. The van der Waals surface area contributed by atoms with Crippen LogP contribution in [0.5, 0.6) is 0 Å². The van der Waals surface area contributed by atoms with E-state index in [0.29, 0.717) is 18.2 Å². The molecule has 0 aliphatic carbocycles. The molecule has 0 fully saturated rings. The van der Waals surface area contributed by atoms with E-state index >= 15 is 0 Å². The summed E-state index contributed by atoms with van der Waals surface area (Å²) in [5, 5.41) is 9.76. The van der Waals surface area contributed by atoms with Crippen molar-refractivity contribution < 1.29 is 27.1 Å². The van der Waals surface area contributed by atoms with Crippen molar-refractivity contribution in [2.24, 2.45) is 5.73 Å². The summed E-state index contributed by atoms with van der Waals surface area (Å²) in [7, 11) is 0. The molecule has 0 saturated carbocycles. The molecule has 0 aromatic heterocycles. The molecular weight excluding hydrogens is 257 g/mol. The van der Waals surface area contributed by atoms with Crippen LogP contribution in [0.15, 0.2) is 18.2 Å². The van der Waals surface area contributed by atoms with E-state index in [1.54, 1.807) is 0 Å². The van der Waals surface area contributed by atoms with Crippen LogP contribution in [0, 0.1) is 11.6 Å². The predicted molar refractivity (Wildman–Crippen MR) is 54.6 cm³/mol. The van der Waals surface area contributed by atoms with Crippen molar-refractivity contribution in [2.75, 3.05) is 0 Å². The zero-order chi connectivity index (χ0) is 14.1. The molecular formula is C11H12F5NO. The zero-order valence-corrected chi connectivity index (χ0v) is 9.43.